The van der Waals surface area contributed by atoms with Crippen molar-refractivity contribution < 1.29 is 14.6 Å². The molecular formula is C31H53NO3S2. The lowest BCUT2D eigenvalue weighted by Crippen LogP contribution is -2.18. The molecule has 0 aromatic heterocycles. The second kappa shape index (κ2) is 21.4. The predicted octanol–water partition coefficient (Wildman–Crippen LogP) is 11.0. The molecule has 1 fully saturated rings. The van der Waals surface area contributed by atoms with E-state index in [0.29, 0.717) is 11.7 Å². The minimum Gasteiger partial charge on any atom is -0.495 e. The number of hydrogen-bond donors (Lipinski definition) is 2. The van der Waals surface area contributed by atoms with Crippen LogP contribution in [-0.2, 0) is 0 Å². The lowest BCUT2D eigenvalue weighted by Gasteiger charge is -2.32. The van der Waals surface area contributed by atoms with E-state index in [9.17, 15) is 4.79 Å². The van der Waals surface area contributed by atoms with Gasteiger partial charge in [-0.2, -0.15) is 0 Å². The second-order valence-corrected chi connectivity index (χ2v) is 11.3. The predicted molar refractivity (Wildman–Crippen MR) is 168 cm³/mol. The first kappa shape index (κ1) is 35.5. The maximum absolute atomic E-state index is 11.2. The largest absolute Gasteiger partial charge is 0.495 e. The maximum Gasteiger partial charge on any atom is 0.335 e. The van der Waals surface area contributed by atoms with Crippen LogP contribution in [0.5, 0.6) is 5.75 Å². The van der Waals surface area contributed by atoms with Gasteiger partial charge in [-0.3, -0.25) is 0 Å². The van der Waals surface area contributed by atoms with Gasteiger partial charge in [-0.15, -0.1) is 0 Å². The number of allylic oxidation sites excluding steroid dienone is 2. The summed E-state index contributed by atoms with van der Waals surface area (Å²) in [5.41, 5.74) is 0.948. The van der Waals surface area contributed by atoms with Gasteiger partial charge in [-0.1, -0.05) is 91.6 Å². The van der Waals surface area contributed by atoms with Crippen molar-refractivity contribution in [2.24, 2.45) is 17.8 Å². The van der Waals surface area contributed by atoms with E-state index in [0.717, 1.165) is 21.8 Å². The zero-order valence-corrected chi connectivity index (χ0v) is 26.3. The Morgan fingerprint density at radius 3 is 2.22 bits per heavy atom. The number of thioether (sulfide) groups is 1. The van der Waals surface area contributed by atoms with E-state index < -0.39 is 5.97 Å². The lowest BCUT2D eigenvalue weighted by atomic mass is 9.76. The van der Waals surface area contributed by atoms with E-state index in [1.165, 1.54) is 80.7 Å². The zero-order chi connectivity index (χ0) is 28.2. The van der Waals surface area contributed by atoms with Gasteiger partial charge in [0.05, 0.1) is 22.6 Å². The molecular weight excluding hydrogens is 498 g/mol. The monoisotopic (exact) mass is 551 g/mol. The first-order valence-electron chi connectivity index (χ1n) is 14.3. The van der Waals surface area contributed by atoms with E-state index in [-0.39, 0.29) is 5.56 Å². The van der Waals surface area contributed by atoms with Crippen molar-refractivity contribution in [3.63, 3.8) is 0 Å². The Balaban J connectivity index is 0.00000308. The molecule has 0 atom stereocenters. The van der Waals surface area contributed by atoms with Crippen molar-refractivity contribution in [1.82, 2.24) is 0 Å². The molecule has 0 bridgehead atoms. The highest BCUT2D eigenvalue weighted by atomic mass is 32.2. The van der Waals surface area contributed by atoms with E-state index >= 15 is 0 Å². The average molecular weight is 552 g/mol. The van der Waals surface area contributed by atoms with Gasteiger partial charge in [-0.25, -0.2) is 4.79 Å². The topological polar surface area (TPSA) is 58.6 Å². The molecule has 6 heteroatoms. The molecule has 1 aromatic rings. The third-order valence-corrected chi connectivity index (χ3v) is 8.63. The van der Waals surface area contributed by atoms with E-state index in [1.807, 2.05) is 27.7 Å². The number of nitrogens with one attached hydrogen (secondary N) is 1. The number of methoxy groups -OCH3 is 1. The molecule has 0 unspecified atom stereocenters. The Morgan fingerprint density at radius 1 is 1.14 bits per heavy atom. The SMILES string of the molecule is C=C(SNc1ccc(C(=O)O)cc1OC)S/C(=C\C)C1CCC(CC(CCC)CCC)CC1.CC.CC. The van der Waals surface area contributed by atoms with Crippen molar-refractivity contribution in [3.8, 4) is 5.75 Å². The molecule has 0 aliphatic heterocycles. The third-order valence-electron chi connectivity index (χ3n) is 6.55. The number of benzene rings is 1. The fourth-order valence-corrected chi connectivity index (χ4v) is 6.66. The van der Waals surface area contributed by atoms with Crippen LogP contribution in [0.1, 0.15) is 117 Å². The van der Waals surface area contributed by atoms with E-state index in [1.54, 1.807) is 31.0 Å². The molecule has 1 aliphatic rings. The fourth-order valence-electron chi connectivity index (χ4n) is 4.90. The molecule has 0 amide bonds. The first-order valence-corrected chi connectivity index (χ1v) is 15.9. The molecule has 1 aromatic carbocycles. The lowest BCUT2D eigenvalue weighted by molar-refractivity contribution is 0.0696. The standard InChI is InChI=1S/C27H41NO3S2.2C2H6/c1-6-9-20(10-7-2)17-21-11-13-22(14-12-21)26(8-3)32-19(4)33-28-24-16-15-23(27(29)30)18-25(24)31-5;2*1-2/h8,15-16,18,20-22,28H,4,6-7,9-14,17H2,1-3,5H3,(H,29,30);2*1-2H3/b26-8-;;. The van der Waals surface area contributed by atoms with Gasteiger partial charge in [0.15, 0.2) is 0 Å². The van der Waals surface area contributed by atoms with Crippen LogP contribution in [0.15, 0.2) is 40.0 Å². The number of aromatic carboxylic acids is 1. The van der Waals surface area contributed by atoms with Gasteiger partial charge < -0.3 is 14.6 Å². The third kappa shape index (κ3) is 13.2. The van der Waals surface area contributed by atoms with E-state index in [2.05, 4.69) is 38.1 Å². The summed E-state index contributed by atoms with van der Waals surface area (Å²) < 4.78 is 9.59. The van der Waals surface area contributed by atoms with Gasteiger partial charge in [0.25, 0.3) is 0 Å². The molecule has 37 heavy (non-hydrogen) atoms. The normalized spacial score (nSPS) is 17.2. The smallest absolute Gasteiger partial charge is 0.335 e. The van der Waals surface area contributed by atoms with Gasteiger partial charge in [0.2, 0.25) is 0 Å². The minimum atomic E-state index is -0.967. The number of ether oxygens (including phenoxy) is 1. The van der Waals surface area contributed by atoms with Crippen LogP contribution in [0.3, 0.4) is 0 Å². The Hall–Kier alpha value is -1.53. The molecule has 4 nitrogen and oxygen atoms in total. The van der Waals surface area contributed by atoms with Gasteiger partial charge in [0, 0.05) is 0 Å². The Morgan fingerprint density at radius 2 is 1.73 bits per heavy atom. The van der Waals surface area contributed by atoms with Crippen LogP contribution in [0.2, 0.25) is 0 Å². The van der Waals surface area contributed by atoms with Crippen LogP contribution in [0.25, 0.3) is 0 Å². The molecule has 0 heterocycles. The Labute approximate surface area is 236 Å². The summed E-state index contributed by atoms with van der Waals surface area (Å²) in [6, 6.07) is 4.84. The van der Waals surface area contributed by atoms with Crippen molar-refractivity contribution >= 4 is 35.4 Å². The molecule has 2 rings (SSSR count). The zero-order valence-electron chi connectivity index (χ0n) is 24.7. The van der Waals surface area contributed by atoms with Crippen molar-refractivity contribution in [1.29, 1.82) is 0 Å². The highest BCUT2D eigenvalue weighted by molar-refractivity contribution is 8.24. The quantitative estimate of drug-likeness (QED) is 0.224. The number of anilines is 1. The van der Waals surface area contributed by atoms with Crippen molar-refractivity contribution in [2.75, 3.05) is 11.8 Å². The fraction of sp³-hybridized carbons (Fsp3) is 0.645. The summed E-state index contributed by atoms with van der Waals surface area (Å²) in [6.45, 7) is 19.0. The Kier molecular flexibility index (Phi) is 20.5. The van der Waals surface area contributed by atoms with Crippen LogP contribution in [-0.4, -0.2) is 18.2 Å². The van der Waals surface area contributed by atoms with Crippen LogP contribution in [0.4, 0.5) is 5.69 Å². The second-order valence-electron chi connectivity index (χ2n) is 8.99. The summed E-state index contributed by atoms with van der Waals surface area (Å²) in [6.07, 6.45) is 14.3. The maximum atomic E-state index is 11.2. The minimum absolute atomic E-state index is 0.207. The van der Waals surface area contributed by atoms with Crippen molar-refractivity contribution in [3.05, 3.63) is 45.6 Å². The summed E-state index contributed by atoms with van der Waals surface area (Å²) >= 11 is 3.21. The molecule has 0 spiro atoms. The van der Waals surface area contributed by atoms with Gasteiger partial charge in [-0.05, 0) is 91.8 Å². The van der Waals surface area contributed by atoms with E-state index in [4.69, 9.17) is 9.84 Å². The van der Waals surface area contributed by atoms with Crippen LogP contribution in [0, 0.1) is 17.8 Å². The summed E-state index contributed by atoms with van der Waals surface area (Å²) in [7, 11) is 1.54. The van der Waals surface area contributed by atoms with Gasteiger partial charge >= 0.3 is 5.97 Å². The number of hydrogen-bond acceptors (Lipinski definition) is 5. The number of carbonyl (C=O) groups is 1. The number of carboxylic acids is 1. The highest BCUT2D eigenvalue weighted by Crippen LogP contribution is 2.44. The molecule has 0 radical (unpaired) electrons. The van der Waals surface area contributed by atoms with Gasteiger partial charge in [0.1, 0.15) is 5.75 Å². The molecule has 2 N–H and O–H groups in total. The molecule has 212 valence electrons. The molecule has 1 aliphatic carbocycles. The van der Waals surface area contributed by atoms with Crippen LogP contribution >= 0.6 is 23.7 Å². The van der Waals surface area contributed by atoms with Crippen LogP contribution < -0.4 is 9.46 Å². The molecule has 1 saturated carbocycles. The average Bonchev–Trinajstić information content (AvgIpc) is 2.93. The summed E-state index contributed by atoms with van der Waals surface area (Å²) in [5, 5.41) is 9.17. The summed E-state index contributed by atoms with van der Waals surface area (Å²) in [4.78, 5) is 12.6. The number of carboxylic acid groups (broad SMARTS) is 1. The summed E-state index contributed by atoms with van der Waals surface area (Å²) in [5.74, 6) is 1.99. The van der Waals surface area contributed by atoms with Crippen molar-refractivity contribution in [2.45, 2.75) is 106 Å². The highest BCUT2D eigenvalue weighted by Gasteiger charge is 2.26. The number of rotatable bonds is 14. The molecule has 0 saturated heterocycles. The Bertz CT molecular complexity index is 796. The first-order chi connectivity index (χ1) is 17.9.